The Morgan fingerprint density at radius 2 is 2.40 bits per heavy atom. The molecule has 0 aromatic carbocycles. The van der Waals surface area contributed by atoms with Crippen molar-refractivity contribution in [2.75, 3.05) is 13.1 Å². The zero-order chi connectivity index (χ0) is 14.6. The summed E-state index contributed by atoms with van der Waals surface area (Å²) in [5.74, 6) is 0. The van der Waals surface area contributed by atoms with Gasteiger partial charge < -0.3 is 15.0 Å². The molecule has 6 heteroatoms. The van der Waals surface area contributed by atoms with Crippen LogP contribution < -0.4 is 5.32 Å². The number of carbonyl (C=O) groups excluding carboxylic acids is 1. The van der Waals surface area contributed by atoms with Crippen molar-refractivity contribution in [3.05, 3.63) is 16.6 Å². The molecule has 20 heavy (non-hydrogen) atoms. The molecule has 0 radical (unpaired) electrons. The second-order valence-corrected chi connectivity index (χ2v) is 7.04. The van der Waals surface area contributed by atoms with Crippen LogP contribution in [0, 0.1) is 0 Å². The number of nitrogens with one attached hydrogen (secondary N) is 1. The molecule has 1 N–H and O–H groups in total. The van der Waals surface area contributed by atoms with E-state index in [1.54, 1.807) is 11.3 Å². The molecule has 0 bridgehead atoms. The fourth-order valence-corrected chi connectivity index (χ4v) is 2.86. The Morgan fingerprint density at radius 1 is 1.60 bits per heavy atom. The molecule has 2 heterocycles. The molecular formula is C14H23N3O2S. The first-order chi connectivity index (χ1) is 9.46. The summed E-state index contributed by atoms with van der Waals surface area (Å²) in [4.78, 5) is 19.2. The van der Waals surface area contributed by atoms with E-state index in [0.29, 0.717) is 0 Å². The van der Waals surface area contributed by atoms with E-state index in [9.17, 15) is 4.79 Å². The molecule has 0 spiro atoms. The van der Waals surface area contributed by atoms with Crippen LogP contribution in [-0.2, 0) is 11.3 Å². The van der Waals surface area contributed by atoms with E-state index in [1.807, 2.05) is 37.4 Å². The van der Waals surface area contributed by atoms with Gasteiger partial charge in [-0.3, -0.25) is 4.98 Å². The van der Waals surface area contributed by atoms with Crippen LogP contribution in [-0.4, -0.2) is 40.7 Å². The number of carbonyl (C=O) groups is 1. The summed E-state index contributed by atoms with van der Waals surface area (Å²) in [7, 11) is 0. The van der Waals surface area contributed by atoms with Crippen molar-refractivity contribution >= 4 is 17.4 Å². The molecule has 1 aliphatic heterocycles. The molecule has 1 aromatic rings. The molecule has 112 valence electrons. The number of ether oxygens (including phenoxy) is 1. The van der Waals surface area contributed by atoms with E-state index < -0.39 is 5.60 Å². The van der Waals surface area contributed by atoms with E-state index in [2.05, 4.69) is 10.3 Å². The van der Waals surface area contributed by atoms with Crippen molar-refractivity contribution in [1.29, 1.82) is 0 Å². The fourth-order valence-electron chi connectivity index (χ4n) is 2.30. The van der Waals surface area contributed by atoms with Crippen molar-refractivity contribution in [1.82, 2.24) is 15.2 Å². The number of thiazole rings is 1. The third kappa shape index (κ3) is 4.45. The predicted octanol–water partition coefficient (Wildman–Crippen LogP) is 2.63. The monoisotopic (exact) mass is 297 g/mol. The van der Waals surface area contributed by atoms with Gasteiger partial charge in [0, 0.05) is 36.8 Å². The third-order valence-electron chi connectivity index (χ3n) is 3.17. The number of nitrogens with zero attached hydrogens (tertiary/aromatic N) is 2. The Kier molecular flexibility index (Phi) is 4.99. The van der Waals surface area contributed by atoms with E-state index in [1.165, 1.54) is 4.88 Å². The van der Waals surface area contributed by atoms with Crippen LogP contribution >= 0.6 is 11.3 Å². The number of aromatic nitrogens is 1. The Bertz CT molecular complexity index is 428. The van der Waals surface area contributed by atoms with Gasteiger partial charge in [-0.05, 0) is 33.6 Å². The molecule has 0 aliphatic carbocycles. The third-order valence-corrected chi connectivity index (χ3v) is 3.95. The highest BCUT2D eigenvalue weighted by Gasteiger charge is 2.31. The Morgan fingerprint density at radius 3 is 3.05 bits per heavy atom. The van der Waals surface area contributed by atoms with Gasteiger partial charge in [0.05, 0.1) is 5.51 Å². The average Bonchev–Trinajstić information content (AvgIpc) is 2.97. The van der Waals surface area contributed by atoms with Gasteiger partial charge in [0.25, 0.3) is 0 Å². The lowest BCUT2D eigenvalue weighted by Gasteiger charge is -2.28. The first-order valence-corrected chi connectivity index (χ1v) is 7.91. The maximum absolute atomic E-state index is 12.1. The summed E-state index contributed by atoms with van der Waals surface area (Å²) in [6.45, 7) is 8.11. The molecule has 1 atom stereocenters. The number of amides is 1. The second-order valence-electron chi connectivity index (χ2n) is 6.07. The standard InChI is InChI=1S/C14H23N3O2S/c1-14(2,3)19-13(18)17-6-4-5-11(17)7-15-8-12-9-16-10-20-12/h9-11,15H,4-8H2,1-3H3/t11-/m1/s1. The summed E-state index contributed by atoms with van der Waals surface area (Å²) in [6, 6.07) is 0.234. The number of rotatable bonds is 4. The molecule has 5 nitrogen and oxygen atoms in total. The summed E-state index contributed by atoms with van der Waals surface area (Å²) in [5, 5.41) is 3.40. The van der Waals surface area contributed by atoms with Crippen molar-refractivity contribution in [3.63, 3.8) is 0 Å². The SMILES string of the molecule is CC(C)(C)OC(=O)N1CCC[C@@H]1CNCc1cncs1. The van der Waals surface area contributed by atoms with Crippen LogP contribution in [0.2, 0.25) is 0 Å². The van der Waals surface area contributed by atoms with E-state index in [-0.39, 0.29) is 12.1 Å². The van der Waals surface area contributed by atoms with Gasteiger partial charge in [-0.15, -0.1) is 11.3 Å². The van der Waals surface area contributed by atoms with Crippen molar-refractivity contribution in [2.45, 2.75) is 51.8 Å². The van der Waals surface area contributed by atoms with Crippen LogP contribution in [0.3, 0.4) is 0 Å². The minimum Gasteiger partial charge on any atom is -0.444 e. The topological polar surface area (TPSA) is 54.5 Å². The maximum atomic E-state index is 12.1. The molecule has 1 saturated heterocycles. The van der Waals surface area contributed by atoms with Crippen LogP contribution in [0.1, 0.15) is 38.5 Å². The number of hydrogen-bond donors (Lipinski definition) is 1. The maximum Gasteiger partial charge on any atom is 0.410 e. The lowest BCUT2D eigenvalue weighted by Crippen LogP contribution is -2.43. The zero-order valence-corrected chi connectivity index (χ0v) is 13.2. The van der Waals surface area contributed by atoms with Gasteiger partial charge in [-0.1, -0.05) is 0 Å². The van der Waals surface area contributed by atoms with Gasteiger partial charge in [0.15, 0.2) is 0 Å². The van der Waals surface area contributed by atoms with Crippen LogP contribution in [0.4, 0.5) is 4.79 Å². The quantitative estimate of drug-likeness (QED) is 0.928. The predicted molar refractivity (Wildman–Crippen MR) is 79.8 cm³/mol. The Balaban J connectivity index is 1.79. The highest BCUT2D eigenvalue weighted by atomic mass is 32.1. The molecule has 0 saturated carbocycles. The molecule has 1 fully saturated rings. The summed E-state index contributed by atoms with van der Waals surface area (Å²) >= 11 is 1.64. The minimum absolute atomic E-state index is 0.195. The van der Waals surface area contributed by atoms with Gasteiger partial charge in [-0.25, -0.2) is 4.79 Å². The average molecular weight is 297 g/mol. The van der Waals surface area contributed by atoms with Gasteiger partial charge in [0.2, 0.25) is 0 Å². The number of hydrogen-bond acceptors (Lipinski definition) is 5. The molecule has 2 rings (SSSR count). The largest absolute Gasteiger partial charge is 0.444 e. The number of likely N-dealkylation sites (tertiary alicyclic amines) is 1. The van der Waals surface area contributed by atoms with Gasteiger partial charge in [-0.2, -0.15) is 0 Å². The lowest BCUT2D eigenvalue weighted by molar-refractivity contribution is 0.0226. The van der Waals surface area contributed by atoms with Crippen molar-refractivity contribution < 1.29 is 9.53 Å². The van der Waals surface area contributed by atoms with Gasteiger partial charge >= 0.3 is 6.09 Å². The van der Waals surface area contributed by atoms with E-state index in [0.717, 1.165) is 32.5 Å². The van der Waals surface area contributed by atoms with Crippen molar-refractivity contribution in [2.24, 2.45) is 0 Å². The zero-order valence-electron chi connectivity index (χ0n) is 12.4. The van der Waals surface area contributed by atoms with Crippen LogP contribution in [0.5, 0.6) is 0 Å². The van der Waals surface area contributed by atoms with Crippen molar-refractivity contribution in [3.8, 4) is 0 Å². The molecule has 0 unspecified atom stereocenters. The highest BCUT2D eigenvalue weighted by Crippen LogP contribution is 2.20. The molecule has 1 amide bonds. The van der Waals surface area contributed by atoms with E-state index in [4.69, 9.17) is 4.74 Å². The Labute approximate surface area is 124 Å². The normalized spacial score (nSPS) is 19.4. The summed E-state index contributed by atoms with van der Waals surface area (Å²) < 4.78 is 5.46. The fraction of sp³-hybridized carbons (Fsp3) is 0.714. The van der Waals surface area contributed by atoms with E-state index >= 15 is 0 Å². The first-order valence-electron chi connectivity index (χ1n) is 7.03. The van der Waals surface area contributed by atoms with Gasteiger partial charge in [0.1, 0.15) is 5.60 Å². The second kappa shape index (κ2) is 6.54. The smallest absolute Gasteiger partial charge is 0.410 e. The first kappa shape index (κ1) is 15.3. The highest BCUT2D eigenvalue weighted by molar-refractivity contribution is 7.09. The summed E-state index contributed by atoms with van der Waals surface area (Å²) in [6.07, 6.45) is 3.76. The van der Waals surface area contributed by atoms with Crippen LogP contribution in [0.15, 0.2) is 11.7 Å². The Hall–Kier alpha value is -1.14. The lowest BCUT2D eigenvalue weighted by atomic mass is 10.2. The minimum atomic E-state index is -0.430. The molecular weight excluding hydrogens is 274 g/mol. The summed E-state index contributed by atoms with van der Waals surface area (Å²) in [5.41, 5.74) is 1.40. The van der Waals surface area contributed by atoms with Crippen LogP contribution in [0.25, 0.3) is 0 Å². The molecule has 1 aromatic heterocycles. The molecule has 1 aliphatic rings.